The molecule has 1 saturated heterocycles. The average molecular weight is 296 g/mol. The fourth-order valence-corrected chi connectivity index (χ4v) is 3.61. The lowest BCUT2D eigenvalue weighted by molar-refractivity contribution is -0.136. The van der Waals surface area contributed by atoms with Crippen LogP contribution in [0.2, 0.25) is 0 Å². The number of rotatable bonds is 6. The molecule has 0 aromatic heterocycles. The van der Waals surface area contributed by atoms with Gasteiger partial charge in [-0.25, -0.2) is 0 Å². The molecule has 1 saturated carbocycles. The van der Waals surface area contributed by atoms with Crippen LogP contribution in [0.15, 0.2) is 0 Å². The van der Waals surface area contributed by atoms with Gasteiger partial charge >= 0.3 is 5.97 Å². The van der Waals surface area contributed by atoms with Crippen LogP contribution < -0.4 is 5.32 Å². The molecule has 0 aromatic rings. The van der Waals surface area contributed by atoms with Gasteiger partial charge in [-0.05, 0) is 37.5 Å². The number of nitrogens with one attached hydrogen (secondary N) is 1. The molecule has 1 aliphatic carbocycles. The Kier molecular flexibility index (Phi) is 6.49. The van der Waals surface area contributed by atoms with Crippen molar-refractivity contribution in [2.75, 3.05) is 26.2 Å². The van der Waals surface area contributed by atoms with Crippen LogP contribution in [0.3, 0.4) is 0 Å². The average Bonchev–Trinajstić information content (AvgIpc) is 2.48. The third-order valence-corrected chi connectivity index (χ3v) is 4.77. The number of carbonyl (C=O) groups excluding carboxylic acids is 1. The van der Waals surface area contributed by atoms with Gasteiger partial charge < -0.3 is 15.3 Å². The first kappa shape index (κ1) is 16.3. The molecule has 21 heavy (non-hydrogen) atoms. The van der Waals surface area contributed by atoms with E-state index in [-0.39, 0.29) is 6.54 Å². The van der Waals surface area contributed by atoms with E-state index >= 15 is 0 Å². The standard InChI is InChI=1S/C16H28N2O3/c19-15(9-13-5-2-1-3-6-13)18-8-4-7-14(12-18)10-17-11-16(20)21/h13-14,17H,1-12H2,(H,20,21). The van der Waals surface area contributed by atoms with Gasteiger partial charge in [0.05, 0.1) is 6.54 Å². The number of carboxylic acid groups (broad SMARTS) is 1. The summed E-state index contributed by atoms with van der Waals surface area (Å²) in [6.07, 6.45) is 9.14. The van der Waals surface area contributed by atoms with Crippen LogP contribution >= 0.6 is 0 Å². The van der Waals surface area contributed by atoms with Crippen molar-refractivity contribution in [3.8, 4) is 0 Å². The lowest BCUT2D eigenvalue weighted by atomic mass is 9.86. The Bertz CT molecular complexity index is 353. The number of carbonyl (C=O) groups is 2. The summed E-state index contributed by atoms with van der Waals surface area (Å²) >= 11 is 0. The number of amides is 1. The largest absolute Gasteiger partial charge is 0.480 e. The van der Waals surface area contributed by atoms with Gasteiger partial charge in [0, 0.05) is 26.1 Å². The van der Waals surface area contributed by atoms with Crippen molar-refractivity contribution in [3.63, 3.8) is 0 Å². The molecule has 0 spiro atoms. The Hall–Kier alpha value is -1.10. The van der Waals surface area contributed by atoms with Gasteiger partial charge in [-0.2, -0.15) is 0 Å². The Morgan fingerprint density at radius 3 is 2.48 bits per heavy atom. The maximum atomic E-state index is 12.4. The van der Waals surface area contributed by atoms with Gasteiger partial charge in [-0.15, -0.1) is 0 Å². The molecule has 120 valence electrons. The van der Waals surface area contributed by atoms with E-state index in [4.69, 9.17) is 5.11 Å². The van der Waals surface area contributed by atoms with Crippen LogP contribution in [-0.4, -0.2) is 48.1 Å². The highest BCUT2D eigenvalue weighted by Crippen LogP contribution is 2.27. The second kappa shape index (κ2) is 8.37. The summed E-state index contributed by atoms with van der Waals surface area (Å²) in [6.45, 7) is 2.37. The zero-order chi connectivity index (χ0) is 15.1. The van der Waals surface area contributed by atoms with Crippen LogP contribution in [0, 0.1) is 11.8 Å². The zero-order valence-electron chi connectivity index (χ0n) is 12.9. The minimum absolute atomic E-state index is 0.00647. The maximum absolute atomic E-state index is 12.4. The normalized spacial score (nSPS) is 24.0. The molecule has 2 N–H and O–H groups in total. The predicted molar refractivity (Wildman–Crippen MR) is 81.0 cm³/mol. The molecule has 5 nitrogen and oxygen atoms in total. The molecule has 5 heteroatoms. The SMILES string of the molecule is O=C(O)CNCC1CCCN(C(=O)CC2CCCCC2)C1. The molecule has 1 aliphatic heterocycles. The Morgan fingerprint density at radius 1 is 1.05 bits per heavy atom. The first-order valence-electron chi connectivity index (χ1n) is 8.35. The number of carboxylic acids is 1. The highest BCUT2D eigenvalue weighted by Gasteiger charge is 2.26. The third kappa shape index (κ3) is 5.65. The molecular weight excluding hydrogens is 268 g/mol. The molecule has 2 aliphatic rings. The van der Waals surface area contributed by atoms with E-state index in [0.29, 0.717) is 24.3 Å². The topological polar surface area (TPSA) is 69.6 Å². The summed E-state index contributed by atoms with van der Waals surface area (Å²) < 4.78 is 0. The molecule has 1 heterocycles. The molecule has 2 rings (SSSR count). The van der Waals surface area contributed by atoms with E-state index in [1.54, 1.807) is 0 Å². The van der Waals surface area contributed by atoms with Gasteiger partial charge in [0.25, 0.3) is 0 Å². The zero-order valence-corrected chi connectivity index (χ0v) is 12.9. The Balaban J connectivity index is 1.71. The van der Waals surface area contributed by atoms with E-state index in [9.17, 15) is 9.59 Å². The summed E-state index contributed by atoms with van der Waals surface area (Å²) in [5.74, 6) is 0.478. The van der Waals surface area contributed by atoms with Crippen molar-refractivity contribution >= 4 is 11.9 Å². The fraction of sp³-hybridized carbons (Fsp3) is 0.875. The first-order valence-corrected chi connectivity index (χ1v) is 8.35. The highest BCUT2D eigenvalue weighted by molar-refractivity contribution is 5.76. The molecule has 0 aromatic carbocycles. The lowest BCUT2D eigenvalue weighted by Gasteiger charge is -2.34. The van der Waals surface area contributed by atoms with E-state index in [1.807, 2.05) is 4.90 Å². The molecule has 2 fully saturated rings. The molecule has 0 radical (unpaired) electrons. The number of nitrogens with zero attached hydrogens (tertiary/aromatic N) is 1. The summed E-state index contributed by atoms with van der Waals surface area (Å²) in [4.78, 5) is 24.9. The second-order valence-electron chi connectivity index (χ2n) is 6.58. The molecular formula is C16H28N2O3. The van der Waals surface area contributed by atoms with E-state index in [2.05, 4.69) is 5.32 Å². The fourth-order valence-electron chi connectivity index (χ4n) is 3.61. The van der Waals surface area contributed by atoms with Crippen LogP contribution in [0.1, 0.15) is 51.4 Å². The molecule has 1 amide bonds. The van der Waals surface area contributed by atoms with Crippen LogP contribution in [0.4, 0.5) is 0 Å². The van der Waals surface area contributed by atoms with E-state index < -0.39 is 5.97 Å². The quantitative estimate of drug-likeness (QED) is 0.785. The first-order chi connectivity index (χ1) is 10.1. The lowest BCUT2D eigenvalue weighted by Crippen LogP contribution is -2.44. The molecule has 0 bridgehead atoms. The number of hydrogen-bond donors (Lipinski definition) is 2. The number of aliphatic carboxylic acids is 1. The van der Waals surface area contributed by atoms with Gasteiger partial charge in [0.15, 0.2) is 0 Å². The van der Waals surface area contributed by atoms with Crippen molar-refractivity contribution in [1.82, 2.24) is 10.2 Å². The van der Waals surface area contributed by atoms with Crippen molar-refractivity contribution < 1.29 is 14.7 Å². The number of likely N-dealkylation sites (tertiary alicyclic amines) is 1. The van der Waals surface area contributed by atoms with Crippen LogP contribution in [-0.2, 0) is 9.59 Å². The Morgan fingerprint density at radius 2 is 1.76 bits per heavy atom. The van der Waals surface area contributed by atoms with Gasteiger partial charge in [-0.1, -0.05) is 19.3 Å². The minimum Gasteiger partial charge on any atom is -0.480 e. The maximum Gasteiger partial charge on any atom is 0.317 e. The molecule has 1 unspecified atom stereocenters. The smallest absolute Gasteiger partial charge is 0.317 e. The minimum atomic E-state index is -0.823. The van der Waals surface area contributed by atoms with Crippen molar-refractivity contribution in [3.05, 3.63) is 0 Å². The van der Waals surface area contributed by atoms with Crippen molar-refractivity contribution in [2.45, 2.75) is 51.4 Å². The summed E-state index contributed by atoms with van der Waals surface area (Å²) in [7, 11) is 0. The predicted octanol–water partition coefficient (Wildman–Crippen LogP) is 1.87. The van der Waals surface area contributed by atoms with Crippen LogP contribution in [0.25, 0.3) is 0 Å². The van der Waals surface area contributed by atoms with Gasteiger partial charge in [-0.3, -0.25) is 9.59 Å². The van der Waals surface area contributed by atoms with Gasteiger partial charge in [0.2, 0.25) is 5.91 Å². The summed E-state index contributed by atoms with van der Waals surface area (Å²) in [5.41, 5.74) is 0. The molecule has 1 atom stereocenters. The van der Waals surface area contributed by atoms with Crippen molar-refractivity contribution in [1.29, 1.82) is 0 Å². The number of piperidine rings is 1. The highest BCUT2D eigenvalue weighted by atomic mass is 16.4. The van der Waals surface area contributed by atoms with Crippen molar-refractivity contribution in [2.24, 2.45) is 11.8 Å². The van der Waals surface area contributed by atoms with E-state index in [0.717, 1.165) is 32.4 Å². The summed E-state index contributed by atoms with van der Waals surface area (Å²) in [5, 5.41) is 11.6. The van der Waals surface area contributed by atoms with Gasteiger partial charge in [0.1, 0.15) is 0 Å². The second-order valence-corrected chi connectivity index (χ2v) is 6.58. The monoisotopic (exact) mass is 296 g/mol. The van der Waals surface area contributed by atoms with Crippen LogP contribution in [0.5, 0.6) is 0 Å². The number of hydrogen-bond acceptors (Lipinski definition) is 3. The third-order valence-electron chi connectivity index (χ3n) is 4.77. The van der Waals surface area contributed by atoms with E-state index in [1.165, 1.54) is 32.1 Å². The Labute approximate surface area is 127 Å². The summed E-state index contributed by atoms with van der Waals surface area (Å²) in [6, 6.07) is 0.